The molecule has 2 fully saturated rings. The first kappa shape index (κ1) is 14.8. The van der Waals surface area contributed by atoms with Crippen LogP contribution in [0.1, 0.15) is 25.7 Å². The zero-order valence-corrected chi connectivity index (χ0v) is 11.5. The molecule has 0 aromatic rings. The van der Waals surface area contributed by atoms with Gasteiger partial charge < -0.3 is 15.3 Å². The SMILES string of the molecule is O=C(O)CC1C(=O)NCCN1CC(=O)N1CCCCC1. The Morgan fingerprint density at radius 2 is 1.90 bits per heavy atom. The number of carbonyl (C=O) groups is 3. The Labute approximate surface area is 117 Å². The number of hydrogen-bond acceptors (Lipinski definition) is 4. The van der Waals surface area contributed by atoms with E-state index in [1.165, 1.54) is 0 Å². The molecule has 0 aliphatic carbocycles. The molecule has 0 aromatic heterocycles. The molecule has 2 aliphatic rings. The average Bonchev–Trinajstić information content (AvgIpc) is 2.43. The molecular formula is C13H21N3O4. The summed E-state index contributed by atoms with van der Waals surface area (Å²) in [7, 11) is 0. The summed E-state index contributed by atoms with van der Waals surface area (Å²) >= 11 is 0. The number of nitrogens with one attached hydrogen (secondary N) is 1. The minimum absolute atomic E-state index is 0.00483. The number of carbonyl (C=O) groups excluding carboxylic acids is 2. The first-order valence-corrected chi connectivity index (χ1v) is 7.09. The second kappa shape index (κ2) is 6.69. The molecule has 0 bridgehead atoms. The van der Waals surface area contributed by atoms with E-state index in [9.17, 15) is 14.4 Å². The van der Waals surface area contributed by atoms with Crippen LogP contribution in [-0.2, 0) is 14.4 Å². The van der Waals surface area contributed by atoms with E-state index in [1.807, 2.05) is 4.90 Å². The lowest BCUT2D eigenvalue weighted by molar-refractivity contribution is -0.145. The normalized spacial score (nSPS) is 24.3. The van der Waals surface area contributed by atoms with Gasteiger partial charge in [-0.2, -0.15) is 0 Å². The third-order valence-electron chi connectivity index (χ3n) is 3.86. The van der Waals surface area contributed by atoms with Gasteiger partial charge in [-0.1, -0.05) is 0 Å². The van der Waals surface area contributed by atoms with Gasteiger partial charge in [0.2, 0.25) is 11.8 Å². The molecule has 2 saturated heterocycles. The van der Waals surface area contributed by atoms with Gasteiger partial charge in [0, 0.05) is 26.2 Å². The standard InChI is InChI=1S/C13H21N3O4/c17-11(15-5-2-1-3-6-15)9-16-7-4-14-13(20)10(16)8-12(18)19/h10H,1-9H2,(H,14,20)(H,18,19). The lowest BCUT2D eigenvalue weighted by Crippen LogP contribution is -2.58. The molecule has 7 heteroatoms. The number of carboxylic acids is 1. The minimum atomic E-state index is -1.03. The topological polar surface area (TPSA) is 89.9 Å². The molecule has 20 heavy (non-hydrogen) atoms. The van der Waals surface area contributed by atoms with Crippen molar-refractivity contribution < 1.29 is 19.5 Å². The highest BCUT2D eigenvalue weighted by Gasteiger charge is 2.33. The molecule has 0 aromatic carbocycles. The molecule has 2 rings (SSSR count). The van der Waals surface area contributed by atoms with Crippen molar-refractivity contribution in [3.05, 3.63) is 0 Å². The highest BCUT2D eigenvalue weighted by Crippen LogP contribution is 2.12. The van der Waals surface area contributed by atoms with Crippen molar-refractivity contribution in [2.75, 3.05) is 32.7 Å². The number of amides is 2. The number of likely N-dealkylation sites (tertiary alicyclic amines) is 1. The Morgan fingerprint density at radius 1 is 1.20 bits per heavy atom. The van der Waals surface area contributed by atoms with Crippen LogP contribution in [0.3, 0.4) is 0 Å². The number of carboxylic acid groups (broad SMARTS) is 1. The van der Waals surface area contributed by atoms with Crippen molar-refractivity contribution in [3.63, 3.8) is 0 Å². The van der Waals surface area contributed by atoms with Crippen LogP contribution in [0.5, 0.6) is 0 Å². The smallest absolute Gasteiger partial charge is 0.305 e. The first-order chi connectivity index (χ1) is 9.58. The third kappa shape index (κ3) is 3.69. The molecule has 2 amide bonds. The molecule has 0 spiro atoms. The summed E-state index contributed by atoms with van der Waals surface area (Å²) in [6, 6.07) is -0.741. The van der Waals surface area contributed by atoms with Crippen molar-refractivity contribution in [2.24, 2.45) is 0 Å². The highest BCUT2D eigenvalue weighted by molar-refractivity contribution is 5.88. The summed E-state index contributed by atoms with van der Waals surface area (Å²) < 4.78 is 0. The van der Waals surface area contributed by atoms with E-state index in [0.717, 1.165) is 32.4 Å². The molecular weight excluding hydrogens is 262 g/mol. The Balaban J connectivity index is 1.95. The van der Waals surface area contributed by atoms with Crippen LogP contribution in [0.15, 0.2) is 0 Å². The van der Waals surface area contributed by atoms with Crippen LogP contribution in [-0.4, -0.2) is 71.5 Å². The monoisotopic (exact) mass is 283 g/mol. The Kier molecular flexibility index (Phi) is 4.94. The van der Waals surface area contributed by atoms with Crippen molar-refractivity contribution in [1.82, 2.24) is 15.1 Å². The van der Waals surface area contributed by atoms with Crippen LogP contribution in [0, 0.1) is 0 Å². The lowest BCUT2D eigenvalue weighted by atomic mass is 10.1. The number of piperidine rings is 1. The molecule has 7 nitrogen and oxygen atoms in total. The van der Waals surface area contributed by atoms with E-state index < -0.39 is 12.0 Å². The van der Waals surface area contributed by atoms with Crippen LogP contribution in [0.4, 0.5) is 0 Å². The van der Waals surface area contributed by atoms with Crippen LogP contribution in [0.25, 0.3) is 0 Å². The van der Waals surface area contributed by atoms with Gasteiger partial charge in [-0.25, -0.2) is 0 Å². The maximum atomic E-state index is 12.2. The predicted molar refractivity (Wildman–Crippen MR) is 71.1 cm³/mol. The number of piperazine rings is 1. The van der Waals surface area contributed by atoms with Gasteiger partial charge in [0.15, 0.2) is 0 Å². The molecule has 2 N–H and O–H groups in total. The van der Waals surface area contributed by atoms with E-state index in [0.29, 0.717) is 13.1 Å². The van der Waals surface area contributed by atoms with E-state index in [4.69, 9.17) is 5.11 Å². The second-order valence-corrected chi connectivity index (χ2v) is 5.32. The molecule has 112 valence electrons. The fourth-order valence-electron chi connectivity index (χ4n) is 2.76. The Hall–Kier alpha value is -1.63. The van der Waals surface area contributed by atoms with Crippen molar-refractivity contribution in [3.8, 4) is 0 Å². The van der Waals surface area contributed by atoms with E-state index >= 15 is 0 Å². The van der Waals surface area contributed by atoms with Crippen LogP contribution >= 0.6 is 0 Å². The summed E-state index contributed by atoms with van der Waals surface area (Å²) in [5, 5.41) is 11.5. The maximum absolute atomic E-state index is 12.2. The summed E-state index contributed by atoms with van der Waals surface area (Å²) in [6.07, 6.45) is 2.92. The molecule has 2 heterocycles. The van der Waals surface area contributed by atoms with Gasteiger partial charge in [0.05, 0.1) is 13.0 Å². The fraction of sp³-hybridized carbons (Fsp3) is 0.769. The number of hydrogen-bond donors (Lipinski definition) is 2. The van der Waals surface area contributed by atoms with Gasteiger partial charge in [0.1, 0.15) is 6.04 Å². The van der Waals surface area contributed by atoms with Gasteiger partial charge in [-0.15, -0.1) is 0 Å². The second-order valence-electron chi connectivity index (χ2n) is 5.32. The van der Waals surface area contributed by atoms with Gasteiger partial charge >= 0.3 is 5.97 Å². The lowest BCUT2D eigenvalue weighted by Gasteiger charge is -2.35. The molecule has 0 radical (unpaired) electrons. The van der Waals surface area contributed by atoms with Crippen molar-refractivity contribution in [2.45, 2.75) is 31.7 Å². The van der Waals surface area contributed by atoms with Crippen molar-refractivity contribution >= 4 is 17.8 Å². The van der Waals surface area contributed by atoms with Crippen molar-refractivity contribution in [1.29, 1.82) is 0 Å². The number of nitrogens with zero attached hydrogens (tertiary/aromatic N) is 2. The summed E-state index contributed by atoms with van der Waals surface area (Å²) in [6.45, 7) is 2.64. The first-order valence-electron chi connectivity index (χ1n) is 7.09. The maximum Gasteiger partial charge on any atom is 0.305 e. The Bertz CT molecular complexity index is 393. The van der Waals surface area contributed by atoms with Gasteiger partial charge in [-0.05, 0) is 19.3 Å². The predicted octanol–water partition coefficient (Wildman–Crippen LogP) is -0.726. The van der Waals surface area contributed by atoms with Crippen LogP contribution in [0.2, 0.25) is 0 Å². The molecule has 1 atom stereocenters. The largest absolute Gasteiger partial charge is 0.481 e. The molecule has 2 aliphatic heterocycles. The Morgan fingerprint density at radius 3 is 2.55 bits per heavy atom. The number of aliphatic carboxylic acids is 1. The van der Waals surface area contributed by atoms with E-state index in [2.05, 4.69) is 5.32 Å². The highest BCUT2D eigenvalue weighted by atomic mass is 16.4. The fourth-order valence-corrected chi connectivity index (χ4v) is 2.76. The minimum Gasteiger partial charge on any atom is -0.481 e. The quantitative estimate of drug-likeness (QED) is 0.710. The molecule has 1 unspecified atom stereocenters. The summed E-state index contributed by atoms with van der Waals surface area (Å²) in [5.74, 6) is -1.33. The summed E-state index contributed by atoms with van der Waals surface area (Å²) in [5.41, 5.74) is 0. The van der Waals surface area contributed by atoms with Gasteiger partial charge in [0.25, 0.3) is 0 Å². The van der Waals surface area contributed by atoms with Gasteiger partial charge in [-0.3, -0.25) is 19.3 Å². The summed E-state index contributed by atoms with van der Waals surface area (Å²) in [4.78, 5) is 38.3. The van der Waals surface area contributed by atoms with Crippen LogP contribution < -0.4 is 5.32 Å². The zero-order valence-electron chi connectivity index (χ0n) is 11.5. The zero-order chi connectivity index (χ0) is 14.5. The number of rotatable bonds is 4. The van der Waals surface area contributed by atoms with E-state index in [-0.39, 0.29) is 24.8 Å². The molecule has 0 saturated carbocycles. The van der Waals surface area contributed by atoms with E-state index in [1.54, 1.807) is 4.90 Å². The average molecular weight is 283 g/mol. The third-order valence-corrected chi connectivity index (χ3v) is 3.86.